The van der Waals surface area contributed by atoms with E-state index < -0.39 is 5.97 Å². The Labute approximate surface area is 176 Å². The van der Waals surface area contributed by atoms with Crippen molar-refractivity contribution in [2.75, 3.05) is 32.6 Å². The van der Waals surface area contributed by atoms with E-state index in [2.05, 4.69) is 17.6 Å². The number of nitrogens with one attached hydrogen (secondary N) is 2. The number of amides is 2. The number of hydrogen-bond acceptors (Lipinski definition) is 6. The molecule has 1 saturated carbocycles. The normalized spacial score (nSPS) is 18.7. The van der Waals surface area contributed by atoms with Crippen LogP contribution in [0.2, 0.25) is 0 Å². The first kappa shape index (κ1) is 23.2. The van der Waals surface area contributed by atoms with Gasteiger partial charge in [0.05, 0.1) is 17.9 Å². The zero-order valence-corrected chi connectivity index (χ0v) is 17.9. The van der Waals surface area contributed by atoms with Gasteiger partial charge in [0.2, 0.25) is 5.91 Å². The predicted molar refractivity (Wildman–Crippen MR) is 112 cm³/mol. The molecule has 1 aliphatic rings. The van der Waals surface area contributed by atoms with Crippen LogP contribution in [0.15, 0.2) is 29.2 Å². The van der Waals surface area contributed by atoms with Crippen LogP contribution < -0.4 is 10.6 Å². The molecule has 1 aliphatic carbocycles. The van der Waals surface area contributed by atoms with E-state index in [0.717, 1.165) is 19.3 Å². The summed E-state index contributed by atoms with van der Waals surface area (Å²) in [5.41, 5.74) is 0.348. The molecule has 2 amide bonds. The summed E-state index contributed by atoms with van der Waals surface area (Å²) >= 11 is 1.25. The molecular weight excluding hydrogens is 392 g/mol. The monoisotopic (exact) mass is 422 g/mol. The number of thioether (sulfide) groups is 1. The van der Waals surface area contributed by atoms with Crippen LogP contribution in [-0.2, 0) is 19.1 Å². The fraction of sp³-hybridized carbons (Fsp3) is 0.571. The summed E-state index contributed by atoms with van der Waals surface area (Å²) in [5.74, 6) is -0.375. The molecule has 0 heterocycles. The molecule has 0 saturated heterocycles. The van der Waals surface area contributed by atoms with Crippen molar-refractivity contribution in [3.63, 3.8) is 0 Å². The minimum atomic E-state index is -0.570. The van der Waals surface area contributed by atoms with Gasteiger partial charge in [-0.05, 0) is 30.9 Å². The SMILES string of the molecule is COCCNC(=O)CSc1ccccc1C(=O)OCC(=O)N[C@H]1CCCC[C@@H]1C. The fourth-order valence-electron chi connectivity index (χ4n) is 3.24. The summed E-state index contributed by atoms with van der Waals surface area (Å²) in [6.07, 6.45) is 4.38. The molecule has 7 nitrogen and oxygen atoms in total. The van der Waals surface area contributed by atoms with Gasteiger partial charge in [-0.15, -0.1) is 11.8 Å². The Morgan fingerprint density at radius 1 is 1.14 bits per heavy atom. The summed E-state index contributed by atoms with van der Waals surface area (Å²) in [4.78, 5) is 37.1. The first-order valence-corrected chi connectivity index (χ1v) is 10.9. The molecule has 0 radical (unpaired) electrons. The van der Waals surface area contributed by atoms with Crippen LogP contribution in [0, 0.1) is 5.92 Å². The Bertz CT molecular complexity index is 697. The van der Waals surface area contributed by atoms with Crippen molar-refractivity contribution in [3.05, 3.63) is 29.8 Å². The Morgan fingerprint density at radius 2 is 1.90 bits per heavy atom. The van der Waals surface area contributed by atoms with Gasteiger partial charge in [0, 0.05) is 24.6 Å². The predicted octanol–water partition coefficient (Wildman–Crippen LogP) is 2.39. The molecule has 0 unspecified atom stereocenters. The van der Waals surface area contributed by atoms with E-state index in [1.54, 1.807) is 31.4 Å². The molecule has 0 aliphatic heterocycles. The molecule has 1 fully saturated rings. The number of rotatable bonds is 10. The molecule has 2 atom stereocenters. The number of carbonyl (C=O) groups excluding carboxylic acids is 3. The van der Waals surface area contributed by atoms with E-state index in [1.807, 2.05) is 0 Å². The maximum absolute atomic E-state index is 12.4. The van der Waals surface area contributed by atoms with E-state index in [9.17, 15) is 14.4 Å². The van der Waals surface area contributed by atoms with E-state index >= 15 is 0 Å². The lowest BCUT2D eigenvalue weighted by atomic mass is 9.86. The molecule has 0 bridgehead atoms. The minimum Gasteiger partial charge on any atom is -0.452 e. The lowest BCUT2D eigenvalue weighted by Crippen LogP contribution is -2.42. The number of benzene rings is 1. The maximum Gasteiger partial charge on any atom is 0.339 e. The summed E-state index contributed by atoms with van der Waals surface area (Å²) in [5, 5.41) is 5.70. The van der Waals surface area contributed by atoms with Crippen LogP contribution >= 0.6 is 11.8 Å². The van der Waals surface area contributed by atoms with Crippen molar-refractivity contribution < 1.29 is 23.9 Å². The molecule has 0 spiro atoms. The van der Waals surface area contributed by atoms with Crippen molar-refractivity contribution >= 4 is 29.5 Å². The van der Waals surface area contributed by atoms with Crippen molar-refractivity contribution in [1.82, 2.24) is 10.6 Å². The summed E-state index contributed by atoms with van der Waals surface area (Å²) in [6, 6.07) is 7.05. The maximum atomic E-state index is 12.4. The van der Waals surface area contributed by atoms with E-state index in [4.69, 9.17) is 9.47 Å². The highest BCUT2D eigenvalue weighted by Gasteiger charge is 2.23. The molecule has 160 valence electrons. The van der Waals surface area contributed by atoms with Crippen molar-refractivity contribution in [1.29, 1.82) is 0 Å². The highest BCUT2D eigenvalue weighted by Crippen LogP contribution is 2.24. The number of methoxy groups -OCH3 is 1. The highest BCUT2D eigenvalue weighted by atomic mass is 32.2. The lowest BCUT2D eigenvalue weighted by Gasteiger charge is -2.29. The number of carbonyl (C=O) groups is 3. The van der Waals surface area contributed by atoms with Gasteiger partial charge >= 0.3 is 5.97 Å². The summed E-state index contributed by atoms with van der Waals surface area (Å²) in [7, 11) is 1.57. The van der Waals surface area contributed by atoms with Crippen molar-refractivity contribution in [2.24, 2.45) is 5.92 Å². The quantitative estimate of drug-likeness (QED) is 0.342. The topological polar surface area (TPSA) is 93.7 Å². The summed E-state index contributed by atoms with van der Waals surface area (Å²) in [6.45, 7) is 2.71. The Balaban J connectivity index is 1.82. The Kier molecular flexibility index (Phi) is 10.0. The largest absolute Gasteiger partial charge is 0.452 e. The third kappa shape index (κ3) is 8.06. The molecule has 1 aromatic carbocycles. The van der Waals surface area contributed by atoms with Gasteiger partial charge in [-0.2, -0.15) is 0 Å². The first-order valence-electron chi connectivity index (χ1n) is 9.95. The Hall–Kier alpha value is -2.06. The molecule has 2 N–H and O–H groups in total. The third-order valence-corrected chi connectivity index (χ3v) is 5.96. The van der Waals surface area contributed by atoms with Gasteiger partial charge in [-0.3, -0.25) is 9.59 Å². The molecule has 2 rings (SSSR count). The average Bonchev–Trinajstić information content (AvgIpc) is 2.72. The van der Waals surface area contributed by atoms with Crippen molar-refractivity contribution in [2.45, 2.75) is 43.5 Å². The fourth-order valence-corrected chi connectivity index (χ4v) is 4.11. The number of ether oxygens (including phenoxy) is 2. The third-order valence-electron chi connectivity index (χ3n) is 4.89. The van der Waals surface area contributed by atoms with Gasteiger partial charge in [0.1, 0.15) is 0 Å². The van der Waals surface area contributed by atoms with E-state index in [1.165, 1.54) is 18.2 Å². The average molecular weight is 423 g/mol. The van der Waals surface area contributed by atoms with Crippen LogP contribution in [0.5, 0.6) is 0 Å². The molecular formula is C21H30N2O5S. The van der Waals surface area contributed by atoms with Crippen LogP contribution in [0.3, 0.4) is 0 Å². The Morgan fingerprint density at radius 3 is 2.66 bits per heavy atom. The first-order chi connectivity index (χ1) is 14.0. The zero-order valence-electron chi connectivity index (χ0n) is 17.1. The van der Waals surface area contributed by atoms with E-state index in [0.29, 0.717) is 29.5 Å². The minimum absolute atomic E-state index is 0.142. The highest BCUT2D eigenvalue weighted by molar-refractivity contribution is 8.00. The van der Waals surface area contributed by atoms with Gasteiger partial charge in [-0.1, -0.05) is 31.9 Å². The number of esters is 1. The summed E-state index contributed by atoms with van der Waals surface area (Å²) < 4.78 is 10.1. The number of hydrogen-bond donors (Lipinski definition) is 2. The van der Waals surface area contributed by atoms with Crippen LogP contribution in [0.25, 0.3) is 0 Å². The van der Waals surface area contributed by atoms with E-state index in [-0.39, 0.29) is 30.2 Å². The second kappa shape index (κ2) is 12.5. The van der Waals surface area contributed by atoms with Gasteiger partial charge < -0.3 is 20.1 Å². The second-order valence-corrected chi connectivity index (χ2v) is 8.16. The van der Waals surface area contributed by atoms with Gasteiger partial charge in [0.15, 0.2) is 6.61 Å². The molecule has 8 heteroatoms. The standard InChI is InChI=1S/C21H30N2O5S/c1-15-7-3-5-9-17(15)23-19(24)13-28-21(26)16-8-4-6-10-18(16)29-14-20(25)22-11-12-27-2/h4,6,8,10,15,17H,3,5,7,9,11-14H2,1-2H3,(H,22,25)(H,23,24)/t15-,17-/m0/s1. The van der Waals surface area contributed by atoms with Crippen LogP contribution in [0.1, 0.15) is 43.0 Å². The molecule has 1 aromatic rings. The smallest absolute Gasteiger partial charge is 0.339 e. The molecule has 29 heavy (non-hydrogen) atoms. The van der Waals surface area contributed by atoms with Crippen molar-refractivity contribution in [3.8, 4) is 0 Å². The van der Waals surface area contributed by atoms with Gasteiger partial charge in [-0.25, -0.2) is 4.79 Å². The van der Waals surface area contributed by atoms with Gasteiger partial charge in [0.25, 0.3) is 5.91 Å². The molecule has 0 aromatic heterocycles. The van der Waals surface area contributed by atoms with Crippen LogP contribution in [-0.4, -0.2) is 56.4 Å². The zero-order chi connectivity index (χ0) is 21.1. The van der Waals surface area contributed by atoms with Crippen LogP contribution in [0.4, 0.5) is 0 Å². The second-order valence-electron chi connectivity index (χ2n) is 7.14. The lowest BCUT2D eigenvalue weighted by molar-refractivity contribution is -0.125.